The summed E-state index contributed by atoms with van der Waals surface area (Å²) in [4.78, 5) is 21.9. The molecule has 8 rings (SSSR count). The van der Waals surface area contributed by atoms with E-state index in [0.29, 0.717) is 0 Å². The number of fused-ring (bicyclic) bond motifs is 4. The summed E-state index contributed by atoms with van der Waals surface area (Å²) in [6, 6.07) is 0. The van der Waals surface area contributed by atoms with Gasteiger partial charge in [-0.15, -0.1) is 163 Å². The lowest BCUT2D eigenvalue weighted by molar-refractivity contribution is 1.20. The summed E-state index contributed by atoms with van der Waals surface area (Å²) >= 11 is 29.1. The third-order valence-corrected chi connectivity index (χ3v) is 25.7. The molecule has 0 radical (unpaired) electrons. The minimum atomic E-state index is 1.22. The molecule has 4 aliphatic heterocycles. The molecule has 0 saturated carbocycles. The highest BCUT2D eigenvalue weighted by Crippen LogP contribution is 2.64. The Hall–Kier alpha value is 2.30. The molecule has 0 nitrogen and oxygen atoms in total. The van der Waals surface area contributed by atoms with Crippen LogP contribution in [0, 0.1) is 0 Å². The van der Waals surface area contributed by atoms with E-state index in [4.69, 9.17) is 0 Å². The van der Waals surface area contributed by atoms with Crippen molar-refractivity contribution in [1.82, 2.24) is 0 Å². The minimum absolute atomic E-state index is 1.22. The molecule has 4 aromatic heterocycles. The van der Waals surface area contributed by atoms with Crippen molar-refractivity contribution >= 4 is 163 Å². The predicted molar refractivity (Wildman–Crippen MR) is 204 cm³/mol. The topological polar surface area (TPSA) is 0 Å². The summed E-state index contributed by atoms with van der Waals surface area (Å²) in [7, 11) is 0. The Morgan fingerprint density at radius 3 is 0.825 bits per heavy atom. The van der Waals surface area contributed by atoms with Gasteiger partial charge in [0.15, 0.2) is 0 Å². The fourth-order valence-electron chi connectivity index (χ4n) is 4.92. The number of rotatable bonds is 5. The van der Waals surface area contributed by atoms with Crippen molar-refractivity contribution in [1.29, 1.82) is 0 Å². The van der Waals surface area contributed by atoms with Gasteiger partial charge >= 0.3 is 0 Å². The highest BCUT2D eigenvalue weighted by atomic mass is 32.2. The largest absolute Gasteiger partial charge is 0.131 e. The normalized spacial score (nSPS) is 18.4. The second kappa shape index (κ2) is 12.8. The minimum Gasteiger partial charge on any atom is -0.131 e. The van der Waals surface area contributed by atoms with Crippen LogP contribution < -0.4 is 0 Å². The van der Waals surface area contributed by atoms with Crippen molar-refractivity contribution < 1.29 is 0 Å². The first kappa shape index (κ1) is 29.7. The van der Waals surface area contributed by atoms with Crippen molar-refractivity contribution in [2.45, 2.75) is 47.6 Å². The Morgan fingerprint density at radius 1 is 0.325 bits per heavy atom. The van der Waals surface area contributed by atoms with Crippen LogP contribution in [-0.4, -0.2) is 58.5 Å². The third-order valence-electron chi connectivity index (χ3n) is 6.52. The van der Waals surface area contributed by atoms with Gasteiger partial charge in [-0.3, -0.25) is 0 Å². The van der Waals surface area contributed by atoms with Crippen molar-refractivity contribution in [3.05, 3.63) is 0 Å². The highest BCUT2D eigenvalue weighted by molar-refractivity contribution is 8.08. The zero-order valence-electron chi connectivity index (χ0n) is 21.4. The van der Waals surface area contributed by atoms with E-state index >= 15 is 0 Å². The molecule has 4 aromatic rings. The van der Waals surface area contributed by atoms with E-state index in [-0.39, 0.29) is 0 Å². The van der Waals surface area contributed by atoms with Gasteiger partial charge in [-0.2, -0.15) is 0 Å². The molecule has 40 heavy (non-hydrogen) atoms. The van der Waals surface area contributed by atoms with E-state index in [2.05, 4.69) is 152 Å². The smallest absolute Gasteiger partial charge is 0.0750 e. The molecule has 0 atom stereocenters. The lowest BCUT2D eigenvalue weighted by Crippen LogP contribution is -1.95. The van der Waals surface area contributed by atoms with Crippen molar-refractivity contribution in [2.75, 3.05) is 58.5 Å². The summed E-state index contributed by atoms with van der Waals surface area (Å²) in [5, 5.41) is 0. The van der Waals surface area contributed by atoms with E-state index < -0.39 is 0 Å². The molecular formula is C26H22S14. The van der Waals surface area contributed by atoms with Crippen LogP contribution in [0.4, 0.5) is 0 Å². The van der Waals surface area contributed by atoms with Crippen LogP contribution in [-0.2, 0) is 0 Å². The fraction of sp³-hybridized carbons (Fsp3) is 0.385. The van der Waals surface area contributed by atoms with E-state index in [9.17, 15) is 0 Å². The van der Waals surface area contributed by atoms with Gasteiger partial charge < -0.3 is 0 Å². The van der Waals surface area contributed by atoms with Gasteiger partial charge in [0, 0.05) is 85.2 Å². The van der Waals surface area contributed by atoms with Gasteiger partial charge in [0.25, 0.3) is 0 Å². The van der Waals surface area contributed by atoms with Gasteiger partial charge in [0.05, 0.1) is 37.7 Å². The molecule has 8 heterocycles. The number of thioether (sulfide) groups is 10. The SMILES string of the molecule is CSc1sc(-c2sc(-c3sc(-c4sc(SC)c5c4SCCS5)c4c3SCCS4)c3c2SCCS3)c2c1SCCS2. The molecule has 0 aliphatic carbocycles. The van der Waals surface area contributed by atoms with Crippen molar-refractivity contribution in [2.24, 2.45) is 0 Å². The van der Waals surface area contributed by atoms with Gasteiger partial charge in [-0.05, 0) is 12.5 Å². The van der Waals surface area contributed by atoms with Gasteiger partial charge in [-0.25, -0.2) is 0 Å². The first-order valence-electron chi connectivity index (χ1n) is 12.6. The van der Waals surface area contributed by atoms with Crippen LogP contribution >= 0.6 is 163 Å². The van der Waals surface area contributed by atoms with Gasteiger partial charge in [-0.1, -0.05) is 0 Å². The van der Waals surface area contributed by atoms with Crippen LogP contribution in [0.3, 0.4) is 0 Å². The molecule has 14 heteroatoms. The van der Waals surface area contributed by atoms with Crippen LogP contribution in [0.15, 0.2) is 47.6 Å². The Bertz CT molecular complexity index is 1480. The molecule has 0 spiro atoms. The molecule has 0 amide bonds. The molecule has 0 fully saturated rings. The van der Waals surface area contributed by atoms with Crippen molar-refractivity contribution in [3.63, 3.8) is 0 Å². The maximum Gasteiger partial charge on any atom is 0.0750 e. The van der Waals surface area contributed by atoms with Crippen LogP contribution in [0.25, 0.3) is 29.3 Å². The number of hydrogen-bond acceptors (Lipinski definition) is 14. The monoisotopic (exact) mass is 782 g/mol. The average molecular weight is 783 g/mol. The fourth-order valence-corrected chi connectivity index (χ4v) is 24.4. The predicted octanol–water partition coefficient (Wildman–Crippen LogP) is 13.2. The summed E-state index contributed by atoms with van der Waals surface area (Å²) in [5.74, 6) is 9.81. The second-order valence-electron chi connectivity index (χ2n) is 8.79. The standard InChI is InChI=1S/C26H22S14/c1-27-25-23-15(33-7-9-35-23)21(39-25)19-13-11(29-3-5-31-13)17(37-19)18-12-14(32-6-4-30-12)20(38-18)22-16-24(26(28-2)40-22)36-10-8-34-16/h3-10H2,1-2H3. The quantitative estimate of drug-likeness (QED) is 0.179. The Labute approximate surface area is 294 Å². The number of thiophene rings is 4. The molecule has 210 valence electrons. The molecule has 0 saturated heterocycles. The van der Waals surface area contributed by atoms with Gasteiger partial charge in [0.2, 0.25) is 0 Å². The molecule has 0 bridgehead atoms. The third kappa shape index (κ3) is 5.12. The Kier molecular flexibility index (Phi) is 9.52. The second-order valence-corrected chi connectivity index (χ2v) is 23.9. The summed E-state index contributed by atoms with van der Waals surface area (Å²) in [5.41, 5.74) is 0. The summed E-state index contributed by atoms with van der Waals surface area (Å²) < 4.78 is 3.04. The Morgan fingerprint density at radius 2 is 0.550 bits per heavy atom. The lowest BCUT2D eigenvalue weighted by atomic mass is 10.3. The molecule has 4 aliphatic rings. The zero-order chi connectivity index (χ0) is 26.8. The molecular weight excluding hydrogens is 761 g/mol. The summed E-state index contributed by atoms with van der Waals surface area (Å²) in [6.45, 7) is 0. The van der Waals surface area contributed by atoms with Gasteiger partial charge in [0.1, 0.15) is 0 Å². The van der Waals surface area contributed by atoms with Crippen LogP contribution in [0.5, 0.6) is 0 Å². The maximum absolute atomic E-state index is 2.26. The highest BCUT2D eigenvalue weighted by Gasteiger charge is 2.34. The van der Waals surface area contributed by atoms with E-state index in [1.807, 2.05) is 23.5 Å². The molecule has 0 unspecified atom stereocenters. The van der Waals surface area contributed by atoms with Crippen LogP contribution in [0.1, 0.15) is 0 Å². The average Bonchev–Trinajstić information content (AvgIpc) is 3.77. The lowest BCUT2D eigenvalue weighted by Gasteiger charge is -2.16. The summed E-state index contributed by atoms with van der Waals surface area (Å²) in [6.07, 6.45) is 4.51. The Balaban J connectivity index is 1.32. The van der Waals surface area contributed by atoms with E-state index in [0.717, 1.165) is 0 Å². The molecule has 0 N–H and O–H groups in total. The number of hydrogen-bond donors (Lipinski definition) is 0. The van der Waals surface area contributed by atoms with E-state index in [1.54, 1.807) is 68.4 Å². The molecule has 0 aromatic carbocycles. The van der Waals surface area contributed by atoms with E-state index in [1.165, 1.54) is 54.4 Å². The van der Waals surface area contributed by atoms with Crippen LogP contribution in [0.2, 0.25) is 0 Å². The van der Waals surface area contributed by atoms with Crippen molar-refractivity contribution in [3.8, 4) is 29.3 Å². The zero-order valence-corrected chi connectivity index (χ0v) is 32.8. The first-order valence-corrected chi connectivity index (χ1v) is 26.2. The maximum atomic E-state index is 2.26. The first-order chi connectivity index (χ1) is 19.8.